The SMILES string of the molecule is O=S(=O)(Nc1ccc(-c2csc(-c3ccccc3)n2)cc1)c1ccc(Cl)c(Cl)c1. The maximum atomic E-state index is 12.6. The molecule has 1 heterocycles. The van der Waals surface area contributed by atoms with Crippen LogP contribution in [0.3, 0.4) is 0 Å². The molecule has 0 saturated heterocycles. The molecule has 0 aliphatic carbocycles. The molecule has 0 spiro atoms. The molecule has 4 rings (SSSR count). The van der Waals surface area contributed by atoms with Crippen molar-refractivity contribution < 1.29 is 8.42 Å². The van der Waals surface area contributed by atoms with E-state index in [1.165, 1.54) is 18.2 Å². The summed E-state index contributed by atoms with van der Waals surface area (Å²) >= 11 is 13.3. The molecule has 1 aromatic heterocycles. The first kappa shape index (κ1) is 19.9. The second-order valence-electron chi connectivity index (χ2n) is 6.16. The van der Waals surface area contributed by atoms with Gasteiger partial charge in [0.25, 0.3) is 10.0 Å². The van der Waals surface area contributed by atoms with Crippen molar-refractivity contribution in [2.24, 2.45) is 0 Å². The van der Waals surface area contributed by atoms with Gasteiger partial charge in [-0.1, -0.05) is 65.7 Å². The van der Waals surface area contributed by atoms with Crippen LogP contribution in [0.2, 0.25) is 10.0 Å². The van der Waals surface area contributed by atoms with E-state index in [2.05, 4.69) is 9.71 Å². The monoisotopic (exact) mass is 460 g/mol. The lowest BCUT2D eigenvalue weighted by Gasteiger charge is -2.09. The fourth-order valence-corrected chi connectivity index (χ4v) is 4.97. The molecule has 146 valence electrons. The molecule has 8 heteroatoms. The Kier molecular flexibility index (Phi) is 5.61. The maximum absolute atomic E-state index is 12.6. The summed E-state index contributed by atoms with van der Waals surface area (Å²) in [4.78, 5) is 4.72. The first-order chi connectivity index (χ1) is 13.9. The molecule has 4 nitrogen and oxygen atoms in total. The van der Waals surface area contributed by atoms with Gasteiger partial charge in [0, 0.05) is 22.2 Å². The number of thiazole rings is 1. The second-order valence-corrected chi connectivity index (χ2v) is 9.52. The van der Waals surface area contributed by atoms with Crippen LogP contribution in [0.15, 0.2) is 83.1 Å². The molecule has 0 atom stereocenters. The van der Waals surface area contributed by atoms with E-state index in [1.807, 2.05) is 47.8 Å². The lowest BCUT2D eigenvalue weighted by Crippen LogP contribution is -2.12. The first-order valence-electron chi connectivity index (χ1n) is 8.52. The van der Waals surface area contributed by atoms with E-state index in [0.717, 1.165) is 21.8 Å². The summed E-state index contributed by atoms with van der Waals surface area (Å²) in [5.74, 6) is 0. The van der Waals surface area contributed by atoms with E-state index in [1.54, 1.807) is 23.5 Å². The van der Waals surface area contributed by atoms with Gasteiger partial charge in [0.15, 0.2) is 0 Å². The lowest BCUT2D eigenvalue weighted by atomic mass is 10.1. The van der Waals surface area contributed by atoms with Gasteiger partial charge in [0.1, 0.15) is 5.01 Å². The Morgan fingerprint density at radius 1 is 0.828 bits per heavy atom. The fraction of sp³-hybridized carbons (Fsp3) is 0. The van der Waals surface area contributed by atoms with Crippen LogP contribution in [-0.2, 0) is 10.0 Å². The summed E-state index contributed by atoms with van der Waals surface area (Å²) in [7, 11) is -3.77. The molecule has 1 N–H and O–H groups in total. The van der Waals surface area contributed by atoms with Gasteiger partial charge in [-0.15, -0.1) is 11.3 Å². The Morgan fingerprint density at radius 2 is 1.55 bits per heavy atom. The van der Waals surface area contributed by atoms with Gasteiger partial charge < -0.3 is 0 Å². The van der Waals surface area contributed by atoms with Gasteiger partial charge >= 0.3 is 0 Å². The molecule has 4 aromatic rings. The van der Waals surface area contributed by atoms with Crippen LogP contribution in [0, 0.1) is 0 Å². The van der Waals surface area contributed by atoms with E-state index >= 15 is 0 Å². The van der Waals surface area contributed by atoms with Gasteiger partial charge in [-0.2, -0.15) is 0 Å². The molecule has 29 heavy (non-hydrogen) atoms. The number of hydrogen-bond acceptors (Lipinski definition) is 4. The molecule has 0 saturated carbocycles. The van der Waals surface area contributed by atoms with E-state index in [4.69, 9.17) is 23.2 Å². The summed E-state index contributed by atoms with van der Waals surface area (Å²) in [5, 5.41) is 3.40. The third kappa shape index (κ3) is 4.46. The summed E-state index contributed by atoms with van der Waals surface area (Å²) in [6.45, 7) is 0. The number of aromatic nitrogens is 1. The van der Waals surface area contributed by atoms with Crippen molar-refractivity contribution in [2.75, 3.05) is 4.72 Å². The molecule has 0 aliphatic heterocycles. The highest BCUT2D eigenvalue weighted by Crippen LogP contribution is 2.30. The van der Waals surface area contributed by atoms with Crippen molar-refractivity contribution in [1.29, 1.82) is 0 Å². The standard InChI is InChI=1S/C21H14Cl2N2O2S2/c22-18-11-10-17(12-19(18)23)29(26,27)25-16-8-6-14(7-9-16)20-13-28-21(24-20)15-4-2-1-3-5-15/h1-13,25H. The Bertz CT molecular complexity index is 1260. The molecule has 0 aliphatic rings. The van der Waals surface area contributed by atoms with E-state index < -0.39 is 10.0 Å². The minimum atomic E-state index is -3.77. The largest absolute Gasteiger partial charge is 0.280 e. The van der Waals surface area contributed by atoms with Crippen molar-refractivity contribution in [3.8, 4) is 21.8 Å². The number of nitrogens with zero attached hydrogens (tertiary/aromatic N) is 1. The quantitative estimate of drug-likeness (QED) is 0.365. The zero-order valence-corrected chi connectivity index (χ0v) is 18.0. The number of rotatable bonds is 5. The number of sulfonamides is 1. The van der Waals surface area contributed by atoms with Crippen molar-refractivity contribution >= 4 is 50.2 Å². The average molecular weight is 461 g/mol. The topological polar surface area (TPSA) is 59.1 Å². The fourth-order valence-electron chi connectivity index (χ4n) is 2.69. The molecule has 0 amide bonds. The Hall–Kier alpha value is -2.38. The van der Waals surface area contributed by atoms with E-state index in [0.29, 0.717) is 10.7 Å². The van der Waals surface area contributed by atoms with Crippen LogP contribution in [0.4, 0.5) is 5.69 Å². The number of anilines is 1. The third-order valence-electron chi connectivity index (χ3n) is 4.16. The summed E-state index contributed by atoms with van der Waals surface area (Å²) in [5.41, 5.74) is 3.25. The smallest absolute Gasteiger partial charge is 0.261 e. The Balaban J connectivity index is 1.54. The Morgan fingerprint density at radius 3 is 2.24 bits per heavy atom. The van der Waals surface area contributed by atoms with Gasteiger partial charge in [-0.05, 0) is 30.3 Å². The average Bonchev–Trinajstić information content (AvgIpc) is 3.21. The van der Waals surface area contributed by atoms with Crippen LogP contribution in [0.25, 0.3) is 21.8 Å². The molecular formula is C21H14Cl2N2O2S2. The normalized spacial score (nSPS) is 11.4. The maximum Gasteiger partial charge on any atom is 0.261 e. The van der Waals surface area contributed by atoms with Gasteiger partial charge in [-0.3, -0.25) is 4.72 Å². The van der Waals surface area contributed by atoms with Crippen LogP contribution in [0.5, 0.6) is 0 Å². The molecule has 0 bridgehead atoms. The minimum absolute atomic E-state index is 0.0444. The number of benzene rings is 3. The molecule has 0 radical (unpaired) electrons. The minimum Gasteiger partial charge on any atom is -0.280 e. The summed E-state index contributed by atoms with van der Waals surface area (Å²) in [6, 6.07) is 21.2. The predicted molar refractivity (Wildman–Crippen MR) is 120 cm³/mol. The first-order valence-corrected chi connectivity index (χ1v) is 11.6. The Labute approximate surface area is 182 Å². The van der Waals surface area contributed by atoms with Crippen molar-refractivity contribution in [2.45, 2.75) is 4.90 Å². The van der Waals surface area contributed by atoms with Gasteiger partial charge in [0.05, 0.1) is 20.6 Å². The second kappa shape index (κ2) is 8.16. The zero-order chi connectivity index (χ0) is 20.4. The molecule has 0 unspecified atom stereocenters. The summed E-state index contributed by atoms with van der Waals surface area (Å²) < 4.78 is 27.7. The zero-order valence-electron chi connectivity index (χ0n) is 14.8. The molecule has 0 fully saturated rings. The van der Waals surface area contributed by atoms with Gasteiger partial charge in [0.2, 0.25) is 0 Å². The number of hydrogen-bond donors (Lipinski definition) is 1. The molecular weight excluding hydrogens is 447 g/mol. The van der Waals surface area contributed by atoms with Gasteiger partial charge in [-0.25, -0.2) is 13.4 Å². The van der Waals surface area contributed by atoms with Crippen LogP contribution < -0.4 is 4.72 Å². The highest BCUT2D eigenvalue weighted by molar-refractivity contribution is 7.92. The summed E-state index contributed by atoms with van der Waals surface area (Å²) in [6.07, 6.45) is 0. The van der Waals surface area contributed by atoms with E-state index in [9.17, 15) is 8.42 Å². The number of nitrogens with one attached hydrogen (secondary N) is 1. The van der Waals surface area contributed by atoms with Crippen molar-refractivity contribution in [3.05, 3.63) is 88.2 Å². The predicted octanol–water partition coefficient (Wildman–Crippen LogP) is 6.58. The lowest BCUT2D eigenvalue weighted by molar-refractivity contribution is 0.601. The van der Waals surface area contributed by atoms with Crippen LogP contribution in [-0.4, -0.2) is 13.4 Å². The highest BCUT2D eigenvalue weighted by Gasteiger charge is 2.16. The van der Waals surface area contributed by atoms with Crippen molar-refractivity contribution in [3.63, 3.8) is 0 Å². The van der Waals surface area contributed by atoms with E-state index in [-0.39, 0.29) is 9.92 Å². The van der Waals surface area contributed by atoms with Crippen LogP contribution in [0.1, 0.15) is 0 Å². The highest BCUT2D eigenvalue weighted by atomic mass is 35.5. The van der Waals surface area contributed by atoms with Crippen LogP contribution >= 0.6 is 34.5 Å². The third-order valence-corrected chi connectivity index (χ3v) is 7.17. The van der Waals surface area contributed by atoms with Crippen molar-refractivity contribution in [1.82, 2.24) is 4.98 Å². The number of halogens is 2. The molecule has 3 aromatic carbocycles.